The third-order valence-corrected chi connectivity index (χ3v) is 4.07. The van der Waals surface area contributed by atoms with Crippen molar-refractivity contribution in [3.8, 4) is 5.69 Å². The van der Waals surface area contributed by atoms with Crippen LogP contribution in [0.15, 0.2) is 53.3 Å². The van der Waals surface area contributed by atoms with Crippen LogP contribution in [0.2, 0.25) is 0 Å². The second-order valence-corrected chi connectivity index (χ2v) is 5.60. The van der Waals surface area contributed by atoms with Gasteiger partial charge in [0, 0.05) is 16.7 Å². The van der Waals surface area contributed by atoms with E-state index in [9.17, 15) is 0 Å². The first-order valence-corrected chi connectivity index (χ1v) is 7.34. The number of tetrazole rings is 1. The zero-order valence-corrected chi connectivity index (χ0v) is 13.1. The van der Waals surface area contributed by atoms with Gasteiger partial charge in [0.2, 0.25) is 0 Å². The van der Waals surface area contributed by atoms with Gasteiger partial charge in [0.05, 0.1) is 5.69 Å². The van der Waals surface area contributed by atoms with E-state index < -0.39 is 0 Å². The van der Waals surface area contributed by atoms with Crippen LogP contribution >= 0.6 is 15.9 Å². The summed E-state index contributed by atoms with van der Waals surface area (Å²) in [5, 5.41) is 14.6. The number of hydrogen-bond acceptors (Lipinski definition) is 4. The van der Waals surface area contributed by atoms with Crippen molar-refractivity contribution in [3.05, 3.63) is 64.4 Å². The predicted molar refractivity (Wildman–Crippen MR) is 85.4 cm³/mol. The van der Waals surface area contributed by atoms with Gasteiger partial charge in [0.1, 0.15) is 6.33 Å². The van der Waals surface area contributed by atoms with E-state index in [1.807, 2.05) is 24.3 Å². The molecule has 1 N–H and O–H groups in total. The Bertz CT molecular complexity index is 740. The number of halogens is 1. The van der Waals surface area contributed by atoms with Crippen molar-refractivity contribution < 1.29 is 0 Å². The third kappa shape index (κ3) is 3.28. The van der Waals surface area contributed by atoms with Gasteiger partial charge >= 0.3 is 0 Å². The molecule has 0 saturated carbocycles. The molecule has 106 valence electrons. The van der Waals surface area contributed by atoms with Gasteiger partial charge in [-0.1, -0.05) is 34.1 Å². The molecule has 3 aromatic rings. The molecule has 0 radical (unpaired) electrons. The molecule has 3 rings (SSSR count). The highest BCUT2D eigenvalue weighted by atomic mass is 79.9. The Morgan fingerprint density at radius 2 is 2.10 bits per heavy atom. The average Bonchev–Trinajstić information content (AvgIpc) is 3.03. The molecule has 0 spiro atoms. The number of aryl methyl sites for hydroxylation is 1. The van der Waals surface area contributed by atoms with E-state index in [2.05, 4.69) is 61.9 Å². The summed E-state index contributed by atoms with van der Waals surface area (Å²) in [5.74, 6) is 0. The van der Waals surface area contributed by atoms with Crippen molar-refractivity contribution in [1.82, 2.24) is 20.2 Å². The van der Waals surface area contributed by atoms with Gasteiger partial charge < -0.3 is 5.32 Å². The van der Waals surface area contributed by atoms with Crippen LogP contribution < -0.4 is 5.32 Å². The van der Waals surface area contributed by atoms with Crippen LogP contribution in [0.3, 0.4) is 0 Å². The normalized spacial score (nSPS) is 10.6. The molecule has 1 heterocycles. The molecule has 0 aliphatic carbocycles. The monoisotopic (exact) mass is 343 g/mol. The van der Waals surface area contributed by atoms with Crippen LogP contribution in [0.1, 0.15) is 11.1 Å². The van der Waals surface area contributed by atoms with E-state index in [-0.39, 0.29) is 0 Å². The Balaban J connectivity index is 1.73. The van der Waals surface area contributed by atoms with Crippen molar-refractivity contribution in [3.63, 3.8) is 0 Å². The molecule has 0 unspecified atom stereocenters. The third-order valence-electron chi connectivity index (χ3n) is 3.18. The SMILES string of the molecule is Cc1cc(CNc2cccc(-n3cnnn3)c2)ccc1Br. The van der Waals surface area contributed by atoms with E-state index in [1.165, 1.54) is 11.1 Å². The van der Waals surface area contributed by atoms with Gasteiger partial charge in [-0.3, -0.25) is 0 Å². The molecule has 2 aromatic carbocycles. The van der Waals surface area contributed by atoms with Crippen molar-refractivity contribution >= 4 is 21.6 Å². The first-order valence-electron chi connectivity index (χ1n) is 6.55. The van der Waals surface area contributed by atoms with E-state index in [1.54, 1.807) is 11.0 Å². The number of nitrogens with zero attached hydrogens (tertiary/aromatic N) is 4. The molecular weight excluding hydrogens is 330 g/mol. The van der Waals surface area contributed by atoms with E-state index >= 15 is 0 Å². The highest BCUT2D eigenvalue weighted by Crippen LogP contribution is 2.19. The lowest BCUT2D eigenvalue weighted by Gasteiger charge is -2.09. The minimum atomic E-state index is 0.771. The number of nitrogens with one attached hydrogen (secondary N) is 1. The summed E-state index contributed by atoms with van der Waals surface area (Å²) in [6, 6.07) is 14.3. The maximum Gasteiger partial charge on any atom is 0.143 e. The fourth-order valence-corrected chi connectivity index (χ4v) is 2.31. The van der Waals surface area contributed by atoms with Gasteiger partial charge in [-0.25, -0.2) is 4.68 Å². The molecule has 21 heavy (non-hydrogen) atoms. The lowest BCUT2D eigenvalue weighted by Crippen LogP contribution is -2.01. The minimum Gasteiger partial charge on any atom is -0.381 e. The van der Waals surface area contributed by atoms with E-state index in [0.29, 0.717) is 0 Å². The second kappa shape index (κ2) is 6.05. The molecular formula is C15H14BrN5. The Kier molecular flexibility index (Phi) is 3.96. The molecule has 0 atom stereocenters. The average molecular weight is 344 g/mol. The molecule has 0 aliphatic heterocycles. The van der Waals surface area contributed by atoms with Crippen LogP contribution in [0, 0.1) is 6.92 Å². The summed E-state index contributed by atoms with van der Waals surface area (Å²) in [6.45, 7) is 2.86. The van der Waals surface area contributed by atoms with Crippen LogP contribution in [-0.2, 0) is 6.54 Å². The van der Waals surface area contributed by atoms with Gasteiger partial charge in [-0.2, -0.15) is 0 Å². The smallest absolute Gasteiger partial charge is 0.143 e. The quantitative estimate of drug-likeness (QED) is 0.789. The summed E-state index contributed by atoms with van der Waals surface area (Å²) in [6.07, 6.45) is 1.58. The minimum absolute atomic E-state index is 0.771. The fourth-order valence-electron chi connectivity index (χ4n) is 2.06. The molecule has 0 fully saturated rings. The summed E-state index contributed by atoms with van der Waals surface area (Å²) in [5.41, 5.74) is 4.43. The van der Waals surface area contributed by atoms with Crippen LogP contribution in [0.4, 0.5) is 5.69 Å². The lowest BCUT2D eigenvalue weighted by molar-refractivity contribution is 0.789. The predicted octanol–water partition coefficient (Wildman–Crippen LogP) is 3.35. The number of aromatic nitrogens is 4. The largest absolute Gasteiger partial charge is 0.381 e. The van der Waals surface area contributed by atoms with Gasteiger partial charge in [-0.15, -0.1) is 5.10 Å². The van der Waals surface area contributed by atoms with Crippen molar-refractivity contribution in [2.75, 3.05) is 5.32 Å². The van der Waals surface area contributed by atoms with Gasteiger partial charge in [-0.05, 0) is 52.7 Å². The molecule has 5 nitrogen and oxygen atoms in total. The van der Waals surface area contributed by atoms with Crippen molar-refractivity contribution in [2.45, 2.75) is 13.5 Å². The van der Waals surface area contributed by atoms with E-state index in [4.69, 9.17) is 0 Å². The van der Waals surface area contributed by atoms with Gasteiger partial charge in [0.15, 0.2) is 0 Å². The van der Waals surface area contributed by atoms with Crippen LogP contribution in [0.5, 0.6) is 0 Å². The Hall–Kier alpha value is -2.21. The molecule has 0 aliphatic rings. The Labute approximate surface area is 131 Å². The molecule has 0 bridgehead atoms. The highest BCUT2D eigenvalue weighted by molar-refractivity contribution is 9.10. The first-order chi connectivity index (χ1) is 10.2. The Morgan fingerprint density at radius 3 is 2.86 bits per heavy atom. The zero-order valence-electron chi connectivity index (χ0n) is 11.5. The number of hydrogen-bond donors (Lipinski definition) is 1. The number of benzene rings is 2. The van der Waals surface area contributed by atoms with E-state index in [0.717, 1.165) is 22.4 Å². The maximum atomic E-state index is 3.89. The highest BCUT2D eigenvalue weighted by Gasteiger charge is 2.01. The standard InChI is InChI=1S/C15H14BrN5/c1-11-7-12(5-6-15(11)16)9-17-13-3-2-4-14(8-13)21-10-18-19-20-21/h2-8,10,17H,9H2,1H3. The zero-order chi connectivity index (χ0) is 14.7. The summed E-state index contributed by atoms with van der Waals surface area (Å²) in [4.78, 5) is 0. The summed E-state index contributed by atoms with van der Waals surface area (Å²) in [7, 11) is 0. The fraction of sp³-hybridized carbons (Fsp3) is 0.133. The van der Waals surface area contributed by atoms with Gasteiger partial charge in [0.25, 0.3) is 0 Å². The molecule has 0 saturated heterocycles. The molecule has 6 heteroatoms. The van der Waals surface area contributed by atoms with Crippen LogP contribution in [-0.4, -0.2) is 20.2 Å². The number of rotatable bonds is 4. The molecule has 1 aromatic heterocycles. The second-order valence-electron chi connectivity index (χ2n) is 4.74. The topological polar surface area (TPSA) is 55.6 Å². The van der Waals surface area contributed by atoms with Crippen molar-refractivity contribution in [2.24, 2.45) is 0 Å². The number of anilines is 1. The first kappa shape index (κ1) is 13.8. The lowest BCUT2D eigenvalue weighted by atomic mass is 10.1. The Morgan fingerprint density at radius 1 is 1.19 bits per heavy atom. The molecule has 0 amide bonds. The van der Waals surface area contributed by atoms with Crippen LogP contribution in [0.25, 0.3) is 5.69 Å². The summed E-state index contributed by atoms with van der Waals surface area (Å²) >= 11 is 3.52. The summed E-state index contributed by atoms with van der Waals surface area (Å²) < 4.78 is 2.77. The van der Waals surface area contributed by atoms with Crippen molar-refractivity contribution in [1.29, 1.82) is 0 Å². The maximum absolute atomic E-state index is 3.89.